The quantitative estimate of drug-likeness (QED) is 0.791. The van der Waals surface area contributed by atoms with E-state index in [0.717, 1.165) is 0 Å². The molecule has 0 aliphatic carbocycles. The number of ether oxygens (including phenoxy) is 2. The number of benzene rings is 1. The number of hydrogen-bond donors (Lipinski definition) is 1. The first-order valence-corrected chi connectivity index (χ1v) is 5.75. The van der Waals surface area contributed by atoms with Gasteiger partial charge in [-0.3, -0.25) is 4.79 Å². The van der Waals surface area contributed by atoms with E-state index in [-0.39, 0.29) is 11.7 Å². The summed E-state index contributed by atoms with van der Waals surface area (Å²) < 4.78 is 9.97. The predicted molar refractivity (Wildman–Crippen MR) is 67.8 cm³/mol. The zero-order chi connectivity index (χ0) is 13.4. The zero-order valence-electron chi connectivity index (χ0n) is 10.8. The van der Waals surface area contributed by atoms with Crippen molar-refractivity contribution in [2.75, 3.05) is 40.5 Å². The Morgan fingerprint density at radius 1 is 1.11 bits per heavy atom. The summed E-state index contributed by atoms with van der Waals surface area (Å²) in [5.74, 6) is 0.0518. The number of nitrogens with zero attached hydrogens (tertiary/aromatic N) is 1. The Labute approximate surface area is 107 Å². The molecule has 1 aromatic carbocycles. The topological polar surface area (TPSA) is 59.0 Å². The number of hydrogen-bond acceptors (Lipinski definition) is 4. The van der Waals surface area contributed by atoms with E-state index in [2.05, 4.69) is 0 Å². The molecule has 0 aromatic heterocycles. The molecule has 0 atom stereocenters. The van der Waals surface area contributed by atoms with Gasteiger partial charge in [-0.2, -0.15) is 0 Å². The summed E-state index contributed by atoms with van der Waals surface area (Å²) in [6.45, 7) is 1.99. The van der Waals surface area contributed by atoms with E-state index >= 15 is 0 Å². The van der Waals surface area contributed by atoms with Crippen molar-refractivity contribution in [2.24, 2.45) is 0 Å². The Morgan fingerprint density at radius 2 is 1.61 bits per heavy atom. The summed E-state index contributed by atoms with van der Waals surface area (Å²) in [6.07, 6.45) is 0. The Morgan fingerprint density at radius 3 is 2.06 bits per heavy atom. The standard InChI is InChI=1S/C13H19NO4/c1-17-9-7-14(8-10-18-2)13(16)11-3-5-12(15)6-4-11/h3-6,15H,7-10H2,1-2H3. The van der Waals surface area contributed by atoms with Crippen LogP contribution in [0.4, 0.5) is 0 Å². The highest BCUT2D eigenvalue weighted by Gasteiger charge is 2.15. The van der Waals surface area contributed by atoms with Crippen molar-refractivity contribution in [1.82, 2.24) is 4.90 Å². The van der Waals surface area contributed by atoms with Gasteiger partial charge in [-0.25, -0.2) is 0 Å². The maximum Gasteiger partial charge on any atom is 0.254 e. The van der Waals surface area contributed by atoms with E-state index in [1.165, 1.54) is 12.1 Å². The summed E-state index contributed by atoms with van der Waals surface area (Å²) in [4.78, 5) is 13.9. The lowest BCUT2D eigenvalue weighted by Gasteiger charge is -2.22. The zero-order valence-corrected chi connectivity index (χ0v) is 10.8. The van der Waals surface area contributed by atoms with Gasteiger partial charge < -0.3 is 19.5 Å². The molecule has 5 nitrogen and oxygen atoms in total. The molecule has 0 saturated heterocycles. The summed E-state index contributed by atoms with van der Waals surface area (Å²) in [6, 6.07) is 6.20. The SMILES string of the molecule is COCCN(CCOC)C(=O)c1ccc(O)cc1. The van der Waals surface area contributed by atoms with E-state index in [1.807, 2.05) is 0 Å². The van der Waals surface area contributed by atoms with Crippen molar-refractivity contribution in [3.63, 3.8) is 0 Å². The Hall–Kier alpha value is -1.59. The van der Waals surface area contributed by atoms with Crippen LogP contribution in [0.25, 0.3) is 0 Å². The molecule has 1 amide bonds. The fourth-order valence-corrected chi connectivity index (χ4v) is 1.50. The monoisotopic (exact) mass is 253 g/mol. The van der Waals surface area contributed by atoms with Gasteiger partial charge in [0.1, 0.15) is 5.75 Å². The minimum Gasteiger partial charge on any atom is -0.508 e. The number of phenols is 1. The minimum absolute atomic E-state index is 0.0934. The molecule has 0 aliphatic rings. The maximum absolute atomic E-state index is 12.2. The van der Waals surface area contributed by atoms with Crippen LogP contribution in [-0.2, 0) is 9.47 Å². The molecule has 0 fully saturated rings. The number of rotatable bonds is 7. The van der Waals surface area contributed by atoms with E-state index in [1.54, 1.807) is 31.3 Å². The van der Waals surface area contributed by atoms with Gasteiger partial charge in [-0.05, 0) is 24.3 Å². The molecule has 18 heavy (non-hydrogen) atoms. The maximum atomic E-state index is 12.2. The molecule has 0 unspecified atom stereocenters. The molecule has 1 rings (SSSR count). The molecular weight excluding hydrogens is 234 g/mol. The number of phenolic OH excluding ortho intramolecular Hbond substituents is 1. The largest absolute Gasteiger partial charge is 0.508 e. The second-order valence-electron chi connectivity index (χ2n) is 3.82. The fraction of sp³-hybridized carbons (Fsp3) is 0.462. The van der Waals surface area contributed by atoms with Crippen LogP contribution >= 0.6 is 0 Å². The molecule has 0 heterocycles. The lowest BCUT2D eigenvalue weighted by molar-refractivity contribution is 0.0627. The van der Waals surface area contributed by atoms with Crippen LogP contribution in [0.5, 0.6) is 5.75 Å². The van der Waals surface area contributed by atoms with Crippen LogP contribution in [0.1, 0.15) is 10.4 Å². The molecule has 1 aromatic rings. The Bertz CT molecular complexity index is 356. The van der Waals surface area contributed by atoms with Crippen LogP contribution in [0, 0.1) is 0 Å². The van der Waals surface area contributed by atoms with Crippen LogP contribution in [-0.4, -0.2) is 56.4 Å². The number of aromatic hydroxyl groups is 1. The van der Waals surface area contributed by atoms with Crippen LogP contribution < -0.4 is 0 Å². The third-order valence-corrected chi connectivity index (χ3v) is 2.53. The third-order valence-electron chi connectivity index (χ3n) is 2.53. The molecule has 0 spiro atoms. The molecule has 0 aliphatic heterocycles. The van der Waals surface area contributed by atoms with Crippen molar-refractivity contribution in [3.8, 4) is 5.75 Å². The first kappa shape index (κ1) is 14.5. The summed E-state index contributed by atoms with van der Waals surface area (Å²) in [7, 11) is 3.19. The van der Waals surface area contributed by atoms with Crippen LogP contribution in [0.15, 0.2) is 24.3 Å². The average Bonchev–Trinajstić information content (AvgIpc) is 2.39. The molecule has 0 bridgehead atoms. The van der Waals surface area contributed by atoms with E-state index in [9.17, 15) is 9.90 Å². The first-order chi connectivity index (χ1) is 8.69. The number of carbonyl (C=O) groups is 1. The average molecular weight is 253 g/mol. The third kappa shape index (κ3) is 4.35. The molecule has 0 radical (unpaired) electrons. The Kier molecular flexibility index (Phi) is 6.18. The van der Waals surface area contributed by atoms with Crippen molar-refractivity contribution >= 4 is 5.91 Å². The second-order valence-corrected chi connectivity index (χ2v) is 3.82. The van der Waals surface area contributed by atoms with Crippen LogP contribution in [0.3, 0.4) is 0 Å². The lowest BCUT2D eigenvalue weighted by Crippen LogP contribution is -2.36. The first-order valence-electron chi connectivity index (χ1n) is 5.75. The highest BCUT2D eigenvalue weighted by atomic mass is 16.5. The smallest absolute Gasteiger partial charge is 0.254 e. The van der Waals surface area contributed by atoms with E-state index < -0.39 is 0 Å². The van der Waals surface area contributed by atoms with Crippen LogP contribution in [0.2, 0.25) is 0 Å². The highest BCUT2D eigenvalue weighted by molar-refractivity contribution is 5.94. The van der Waals surface area contributed by atoms with Crippen molar-refractivity contribution in [3.05, 3.63) is 29.8 Å². The van der Waals surface area contributed by atoms with E-state index in [4.69, 9.17) is 9.47 Å². The molecule has 1 N–H and O–H groups in total. The van der Waals surface area contributed by atoms with Crippen molar-refractivity contribution < 1.29 is 19.4 Å². The predicted octanol–water partition coefficient (Wildman–Crippen LogP) is 1.13. The number of methoxy groups -OCH3 is 2. The minimum atomic E-state index is -0.0934. The van der Waals surface area contributed by atoms with Gasteiger partial charge in [-0.15, -0.1) is 0 Å². The lowest BCUT2D eigenvalue weighted by atomic mass is 10.2. The van der Waals surface area contributed by atoms with Crippen molar-refractivity contribution in [1.29, 1.82) is 0 Å². The van der Waals surface area contributed by atoms with Gasteiger partial charge in [-0.1, -0.05) is 0 Å². The fourth-order valence-electron chi connectivity index (χ4n) is 1.50. The van der Waals surface area contributed by atoms with Gasteiger partial charge in [0, 0.05) is 32.9 Å². The highest BCUT2D eigenvalue weighted by Crippen LogP contribution is 2.11. The summed E-state index contributed by atoms with van der Waals surface area (Å²) in [5, 5.41) is 9.20. The molecular formula is C13H19NO4. The van der Waals surface area contributed by atoms with Gasteiger partial charge in [0.05, 0.1) is 13.2 Å². The van der Waals surface area contributed by atoms with Gasteiger partial charge >= 0.3 is 0 Å². The van der Waals surface area contributed by atoms with Gasteiger partial charge in [0.15, 0.2) is 0 Å². The molecule has 5 heteroatoms. The molecule has 0 saturated carbocycles. The van der Waals surface area contributed by atoms with Gasteiger partial charge in [0.25, 0.3) is 5.91 Å². The Balaban J connectivity index is 2.70. The summed E-state index contributed by atoms with van der Waals surface area (Å²) >= 11 is 0. The van der Waals surface area contributed by atoms with Gasteiger partial charge in [0.2, 0.25) is 0 Å². The normalized spacial score (nSPS) is 10.3. The number of amides is 1. The molecule has 100 valence electrons. The summed E-state index contributed by atoms with van der Waals surface area (Å²) in [5.41, 5.74) is 0.542. The van der Waals surface area contributed by atoms with E-state index in [0.29, 0.717) is 31.9 Å². The number of carbonyl (C=O) groups excluding carboxylic acids is 1. The van der Waals surface area contributed by atoms with Crippen molar-refractivity contribution in [2.45, 2.75) is 0 Å². The second kappa shape index (κ2) is 7.68.